The van der Waals surface area contributed by atoms with E-state index in [1.165, 1.54) is 11.1 Å². The van der Waals surface area contributed by atoms with E-state index >= 15 is 0 Å². The van der Waals surface area contributed by atoms with Gasteiger partial charge in [-0.15, -0.1) is 0 Å². The first-order valence-electron chi connectivity index (χ1n) is 13.9. The fourth-order valence-corrected chi connectivity index (χ4v) is 8.43. The van der Waals surface area contributed by atoms with Crippen LogP contribution < -0.4 is 5.32 Å². The van der Waals surface area contributed by atoms with Gasteiger partial charge in [-0.1, -0.05) is 43.3 Å². The molecule has 2 aromatic rings. The quantitative estimate of drug-likeness (QED) is 0.546. The summed E-state index contributed by atoms with van der Waals surface area (Å²) < 4.78 is 12.9. The average molecular weight is 490 g/mol. The summed E-state index contributed by atoms with van der Waals surface area (Å²) in [5.41, 5.74) is 3.92. The van der Waals surface area contributed by atoms with Crippen molar-refractivity contribution in [2.24, 2.45) is 23.2 Å². The lowest BCUT2D eigenvalue weighted by Crippen LogP contribution is -2.51. The minimum Gasteiger partial charge on any atom is -0.508 e. The number of rotatable bonds is 6. The van der Waals surface area contributed by atoms with Crippen LogP contribution in [0.5, 0.6) is 5.75 Å². The number of amides is 1. The summed E-state index contributed by atoms with van der Waals surface area (Å²) in [4.78, 5) is 12.6. The van der Waals surface area contributed by atoms with Gasteiger partial charge in [-0.25, -0.2) is 0 Å². The molecule has 1 saturated heterocycles. The van der Waals surface area contributed by atoms with Gasteiger partial charge in [-0.05, 0) is 91.0 Å². The molecule has 1 unspecified atom stereocenters. The number of phenolic OH excluding ortho intramolecular Hbond substituents is 1. The maximum Gasteiger partial charge on any atom is 0.220 e. The number of hydrogen-bond donors (Lipinski definition) is 2. The highest BCUT2D eigenvalue weighted by atomic mass is 16.7. The second-order valence-corrected chi connectivity index (χ2v) is 11.7. The number of nitrogens with one attached hydrogen (secondary N) is 1. The molecule has 0 bridgehead atoms. The number of phenols is 1. The molecule has 1 aliphatic heterocycles. The van der Waals surface area contributed by atoms with Crippen LogP contribution in [0.25, 0.3) is 0 Å². The van der Waals surface area contributed by atoms with Crippen LogP contribution in [0, 0.1) is 23.2 Å². The van der Waals surface area contributed by atoms with E-state index in [1.807, 2.05) is 42.5 Å². The first-order chi connectivity index (χ1) is 17.5. The summed E-state index contributed by atoms with van der Waals surface area (Å²) in [6.07, 6.45) is 7.90. The Morgan fingerprint density at radius 1 is 1.11 bits per heavy atom. The Labute approximate surface area is 214 Å². The van der Waals surface area contributed by atoms with Gasteiger partial charge in [0.2, 0.25) is 5.91 Å². The molecule has 4 aliphatic rings. The van der Waals surface area contributed by atoms with Crippen LogP contribution in [0.15, 0.2) is 48.5 Å². The van der Waals surface area contributed by atoms with Crippen LogP contribution in [0.1, 0.15) is 74.5 Å². The minimum absolute atomic E-state index is 0.0132. The van der Waals surface area contributed by atoms with E-state index < -0.39 is 5.79 Å². The molecule has 3 aliphatic carbocycles. The SMILES string of the molecule is CC12CC[C@@H]3c4ccc(O)cc4CC[C@H]3[C@@H]1[C@@H](CCCC(=O)NCc1ccccc1)CC21OCCO1. The lowest BCUT2D eigenvalue weighted by molar-refractivity contribution is -0.237. The van der Waals surface area contributed by atoms with Crippen molar-refractivity contribution in [2.75, 3.05) is 13.2 Å². The number of benzene rings is 2. The fourth-order valence-electron chi connectivity index (χ4n) is 8.43. The zero-order valence-corrected chi connectivity index (χ0v) is 21.4. The minimum atomic E-state index is -0.460. The highest BCUT2D eigenvalue weighted by Crippen LogP contribution is 2.68. The molecule has 36 heavy (non-hydrogen) atoms. The van der Waals surface area contributed by atoms with E-state index in [2.05, 4.69) is 18.3 Å². The number of carbonyl (C=O) groups excluding carboxylic acids is 1. The Kier molecular flexibility index (Phi) is 6.33. The lowest BCUT2D eigenvalue weighted by atomic mass is 9.53. The molecular formula is C31H39NO4. The highest BCUT2D eigenvalue weighted by molar-refractivity contribution is 5.75. The van der Waals surface area contributed by atoms with E-state index in [9.17, 15) is 9.90 Å². The highest BCUT2D eigenvalue weighted by Gasteiger charge is 2.68. The van der Waals surface area contributed by atoms with Gasteiger partial charge >= 0.3 is 0 Å². The number of carbonyl (C=O) groups is 1. The normalized spacial score (nSPS) is 32.0. The summed E-state index contributed by atoms with van der Waals surface area (Å²) in [7, 11) is 0. The van der Waals surface area contributed by atoms with Crippen molar-refractivity contribution in [3.05, 3.63) is 65.2 Å². The number of ether oxygens (including phenoxy) is 2. The molecule has 192 valence electrons. The third-order valence-corrected chi connectivity index (χ3v) is 9.94. The molecule has 5 nitrogen and oxygen atoms in total. The Morgan fingerprint density at radius 2 is 1.92 bits per heavy atom. The predicted molar refractivity (Wildman–Crippen MR) is 138 cm³/mol. The number of hydrogen-bond acceptors (Lipinski definition) is 4. The van der Waals surface area contributed by atoms with E-state index in [1.54, 1.807) is 0 Å². The van der Waals surface area contributed by atoms with E-state index in [4.69, 9.17) is 9.47 Å². The summed E-state index contributed by atoms with van der Waals surface area (Å²) in [5.74, 6) is 2.23. The Morgan fingerprint density at radius 3 is 2.72 bits per heavy atom. The molecule has 2 aromatic carbocycles. The molecule has 1 heterocycles. The number of aryl methyl sites for hydroxylation is 1. The van der Waals surface area contributed by atoms with Crippen LogP contribution in [-0.4, -0.2) is 30.0 Å². The predicted octanol–water partition coefficient (Wildman–Crippen LogP) is 5.70. The fraction of sp³-hybridized carbons (Fsp3) is 0.581. The molecule has 1 amide bonds. The standard InChI is InChI=1S/C31H39NO4/c1-30-15-14-26-25-13-11-24(33)18-22(25)10-12-27(26)29(30)23(19-31(30)35-16-17-36-31)8-5-9-28(34)32-20-21-6-3-2-4-7-21/h2-4,6-7,11,13,18,23,26-27,29,33H,5,8-10,12,14-17,19-20H2,1H3,(H,32,34)/t23-,26+,27+,29-,30?/m0/s1. The Bertz CT molecular complexity index is 1100. The van der Waals surface area contributed by atoms with Gasteiger partial charge in [0, 0.05) is 24.8 Å². The molecule has 3 fully saturated rings. The topological polar surface area (TPSA) is 67.8 Å². The van der Waals surface area contributed by atoms with Gasteiger partial charge in [-0.3, -0.25) is 4.79 Å². The largest absolute Gasteiger partial charge is 0.508 e. The first kappa shape index (κ1) is 24.0. The Hall–Kier alpha value is -2.37. The van der Waals surface area contributed by atoms with Crippen molar-refractivity contribution in [3.63, 3.8) is 0 Å². The van der Waals surface area contributed by atoms with Crippen LogP contribution in [0.3, 0.4) is 0 Å². The first-order valence-corrected chi connectivity index (χ1v) is 13.9. The zero-order valence-electron chi connectivity index (χ0n) is 21.4. The molecule has 2 saturated carbocycles. The van der Waals surface area contributed by atoms with Gasteiger partial charge in [0.15, 0.2) is 5.79 Å². The molecule has 0 aromatic heterocycles. The molecule has 0 radical (unpaired) electrons. The maximum absolute atomic E-state index is 12.6. The van der Waals surface area contributed by atoms with Crippen molar-refractivity contribution in [1.29, 1.82) is 0 Å². The summed E-state index contributed by atoms with van der Waals surface area (Å²) >= 11 is 0. The summed E-state index contributed by atoms with van der Waals surface area (Å²) in [5, 5.41) is 13.1. The monoisotopic (exact) mass is 489 g/mol. The molecule has 6 rings (SSSR count). The second-order valence-electron chi connectivity index (χ2n) is 11.7. The second kappa shape index (κ2) is 9.50. The Balaban J connectivity index is 1.17. The van der Waals surface area contributed by atoms with Gasteiger partial charge in [0.05, 0.1) is 13.2 Å². The van der Waals surface area contributed by atoms with Crippen molar-refractivity contribution in [2.45, 2.75) is 76.5 Å². The van der Waals surface area contributed by atoms with Crippen molar-refractivity contribution in [1.82, 2.24) is 5.32 Å². The molecule has 1 spiro atoms. The van der Waals surface area contributed by atoms with Gasteiger partial charge < -0.3 is 19.9 Å². The van der Waals surface area contributed by atoms with Gasteiger partial charge in [0.25, 0.3) is 0 Å². The van der Waals surface area contributed by atoms with Crippen LogP contribution in [0.4, 0.5) is 0 Å². The third kappa shape index (κ3) is 4.05. The summed E-state index contributed by atoms with van der Waals surface area (Å²) in [6.45, 7) is 4.39. The molecule has 5 heteroatoms. The average Bonchev–Trinajstić information content (AvgIpc) is 3.46. The van der Waals surface area contributed by atoms with Crippen molar-refractivity contribution < 1.29 is 19.4 Å². The van der Waals surface area contributed by atoms with E-state index in [-0.39, 0.29) is 11.3 Å². The van der Waals surface area contributed by atoms with Crippen molar-refractivity contribution >= 4 is 5.91 Å². The maximum atomic E-state index is 12.6. The summed E-state index contributed by atoms with van der Waals surface area (Å²) in [6, 6.07) is 16.1. The van der Waals surface area contributed by atoms with Crippen LogP contribution in [0.2, 0.25) is 0 Å². The van der Waals surface area contributed by atoms with Gasteiger partial charge in [0.1, 0.15) is 5.75 Å². The number of aromatic hydroxyl groups is 1. The lowest BCUT2D eigenvalue weighted by Gasteiger charge is -2.53. The van der Waals surface area contributed by atoms with Crippen LogP contribution >= 0.6 is 0 Å². The van der Waals surface area contributed by atoms with E-state index in [0.717, 1.165) is 50.5 Å². The van der Waals surface area contributed by atoms with Gasteiger partial charge in [-0.2, -0.15) is 0 Å². The zero-order chi connectivity index (χ0) is 24.8. The van der Waals surface area contributed by atoms with Crippen LogP contribution in [-0.2, 0) is 27.2 Å². The third-order valence-electron chi connectivity index (χ3n) is 9.94. The van der Waals surface area contributed by atoms with E-state index in [0.29, 0.717) is 55.6 Å². The molecular weight excluding hydrogens is 450 g/mol. The number of fused-ring (bicyclic) bond motifs is 6. The smallest absolute Gasteiger partial charge is 0.220 e. The molecule has 2 N–H and O–H groups in total. The van der Waals surface area contributed by atoms with Crippen molar-refractivity contribution in [3.8, 4) is 5.75 Å². The molecule has 5 atom stereocenters.